The van der Waals surface area contributed by atoms with Gasteiger partial charge < -0.3 is 0 Å². The quantitative estimate of drug-likeness (QED) is 0.497. The maximum atomic E-state index is 0. The van der Waals surface area contributed by atoms with Gasteiger partial charge >= 0.3 is 0 Å². The van der Waals surface area contributed by atoms with Gasteiger partial charge in [0, 0.05) is 0 Å². The fourth-order valence-corrected chi connectivity index (χ4v) is 0. The van der Waals surface area contributed by atoms with Gasteiger partial charge in [0.1, 0.15) is 0 Å². The Labute approximate surface area is 147 Å². The molecule has 0 saturated carbocycles. The van der Waals surface area contributed by atoms with Crippen LogP contribution >= 0.6 is 149 Å². The van der Waals surface area contributed by atoms with Crippen LogP contribution in [0.25, 0.3) is 0 Å². The lowest BCUT2D eigenvalue weighted by molar-refractivity contribution is 5.85. The maximum absolute atomic E-state index is 0. The molecule has 0 saturated heterocycles. The average molecular weight is 438 g/mol. The minimum Gasteiger partial charge on any atom is -0.147 e. The Bertz CT molecular complexity index is 0. The second-order valence-corrected chi connectivity index (χ2v) is 0. The van der Waals surface area contributed by atoms with E-state index in [0.717, 1.165) is 0 Å². The van der Waals surface area contributed by atoms with E-state index in [-0.39, 0.29) is 149 Å². The van der Waals surface area contributed by atoms with Crippen molar-refractivity contribution in [2.45, 2.75) is 0 Å². The van der Waals surface area contributed by atoms with Gasteiger partial charge in [-0.1, -0.05) is 0 Å². The summed E-state index contributed by atoms with van der Waals surface area (Å²) in [7, 11) is 0. The van der Waals surface area contributed by atoms with Crippen molar-refractivity contribution < 1.29 is 0 Å². The van der Waals surface area contributed by atoms with E-state index in [0.29, 0.717) is 0 Å². The van der Waals surface area contributed by atoms with Gasteiger partial charge in [-0.25, -0.2) is 0 Å². The highest BCUT2D eigenvalue weighted by molar-refractivity contribution is 5.86. The summed E-state index contributed by atoms with van der Waals surface area (Å²) in [5, 5.41) is 0. The molecule has 0 bridgehead atoms. The Morgan fingerprint density at radius 3 is 0.0833 bits per heavy atom. The minimum atomic E-state index is 0. The first-order valence-corrected chi connectivity index (χ1v) is 0. The van der Waals surface area contributed by atoms with E-state index in [1.165, 1.54) is 0 Å². The van der Waals surface area contributed by atoms with E-state index >= 15 is 0 Å². The molecular weight excluding hydrogens is 425 g/mol. The molecule has 0 aromatic rings. The highest BCUT2D eigenvalue weighted by atomic mass is 35.5. The highest BCUT2D eigenvalue weighted by Gasteiger charge is -0.136. The van der Waals surface area contributed by atoms with Crippen LogP contribution in [0, 0.1) is 0 Å². The predicted molar refractivity (Wildman–Crippen MR) is 87.0 cm³/mol. The van der Waals surface area contributed by atoms with Crippen molar-refractivity contribution in [2.24, 2.45) is 0 Å². The summed E-state index contributed by atoms with van der Waals surface area (Å²) >= 11 is 0. The van der Waals surface area contributed by atoms with Crippen LogP contribution in [0.3, 0.4) is 0 Å². The van der Waals surface area contributed by atoms with Gasteiger partial charge in [0.25, 0.3) is 0 Å². The van der Waals surface area contributed by atoms with Crippen molar-refractivity contribution in [3.63, 3.8) is 0 Å². The van der Waals surface area contributed by atoms with Gasteiger partial charge in [-0.05, 0) is 0 Å². The fraction of sp³-hybridized carbons (Fsp3) is 0. The molecule has 12 heavy (non-hydrogen) atoms. The summed E-state index contributed by atoms with van der Waals surface area (Å²) in [6, 6.07) is 0. The molecule has 0 nitrogen and oxygen atoms in total. The molecular formula is H12Cl12. The van der Waals surface area contributed by atoms with E-state index in [9.17, 15) is 0 Å². The number of hydrogen-bond acceptors (Lipinski definition) is 0. The molecule has 0 aliphatic rings. The molecule has 0 rings (SSSR count). The van der Waals surface area contributed by atoms with E-state index < -0.39 is 0 Å². The molecule has 0 aliphatic carbocycles. The predicted octanol–water partition coefficient (Wildman–Crippen LogP) is 5.06. The van der Waals surface area contributed by atoms with Crippen LogP contribution < -0.4 is 0 Å². The molecule has 0 radical (unpaired) electrons. The van der Waals surface area contributed by atoms with Crippen LogP contribution in [0.1, 0.15) is 0 Å². The molecule has 0 aromatic carbocycles. The summed E-state index contributed by atoms with van der Waals surface area (Å²) in [4.78, 5) is 0. The summed E-state index contributed by atoms with van der Waals surface area (Å²) in [6.07, 6.45) is 0. The van der Waals surface area contributed by atoms with Crippen LogP contribution in [0.5, 0.6) is 0 Å². The van der Waals surface area contributed by atoms with Crippen LogP contribution in [0.2, 0.25) is 0 Å². The SMILES string of the molecule is Cl.Cl.Cl.Cl.Cl.Cl.Cl.Cl.Cl.Cl.Cl.Cl. The van der Waals surface area contributed by atoms with Gasteiger partial charge in [-0.15, -0.1) is 149 Å². The zero-order valence-electron chi connectivity index (χ0n) is 4.90. The third-order valence-electron chi connectivity index (χ3n) is 0. The van der Waals surface area contributed by atoms with Crippen molar-refractivity contribution in [3.8, 4) is 0 Å². The van der Waals surface area contributed by atoms with Gasteiger partial charge in [0.15, 0.2) is 0 Å². The number of hydrogen-bond donors (Lipinski definition) is 0. The second-order valence-electron chi connectivity index (χ2n) is 0. The molecule has 0 spiro atoms. The Morgan fingerprint density at radius 2 is 0.0833 bits per heavy atom. The van der Waals surface area contributed by atoms with Crippen LogP contribution in [-0.4, -0.2) is 0 Å². The molecule has 0 aromatic heterocycles. The third-order valence-corrected chi connectivity index (χ3v) is 0. The summed E-state index contributed by atoms with van der Waals surface area (Å²) < 4.78 is 0. The van der Waals surface area contributed by atoms with E-state index in [1.807, 2.05) is 0 Å². The third kappa shape index (κ3) is 173. The zero-order valence-corrected chi connectivity index (χ0v) is 14.7. The van der Waals surface area contributed by atoms with E-state index in [1.54, 1.807) is 0 Å². The molecule has 0 N–H and O–H groups in total. The first-order chi connectivity index (χ1) is 0. The number of halogens is 12. The molecule has 0 atom stereocenters. The van der Waals surface area contributed by atoms with Gasteiger partial charge in [0.2, 0.25) is 0 Å². The lowest BCUT2D eigenvalue weighted by atomic mass is 35.5. The molecule has 0 heterocycles. The normalized spacial score (nSPS) is 0. The first kappa shape index (κ1) is 268. The van der Waals surface area contributed by atoms with Gasteiger partial charge in [-0.3, -0.25) is 0 Å². The highest BCUT2D eigenvalue weighted by Crippen LogP contribution is 0.700. The lowest BCUT2D eigenvalue weighted by Crippen LogP contribution is 0.689. The molecule has 96 valence electrons. The average Bonchev–Trinajstić information content (AvgIpc) is 0. The molecule has 0 aliphatic heterocycles. The first-order valence-electron chi connectivity index (χ1n) is 0. The van der Waals surface area contributed by atoms with Crippen molar-refractivity contribution in [1.82, 2.24) is 0 Å². The lowest BCUT2D eigenvalue weighted by Gasteiger charge is -0.148. The van der Waals surface area contributed by atoms with Gasteiger partial charge in [-0.2, -0.15) is 0 Å². The van der Waals surface area contributed by atoms with Crippen LogP contribution in [0.15, 0.2) is 0 Å². The standard InChI is InChI=1S/12ClH/h12*1H. The Balaban J connectivity index is 0. The molecule has 0 amide bonds. The summed E-state index contributed by atoms with van der Waals surface area (Å²) in [5.41, 5.74) is 0. The second kappa shape index (κ2) is 217. The van der Waals surface area contributed by atoms with Gasteiger partial charge in [0.05, 0.1) is 0 Å². The molecule has 12 heteroatoms. The van der Waals surface area contributed by atoms with E-state index in [4.69, 9.17) is 0 Å². The van der Waals surface area contributed by atoms with Crippen molar-refractivity contribution in [1.29, 1.82) is 0 Å². The molecule has 0 unspecified atom stereocenters. The monoisotopic (exact) mass is 432 g/mol. The van der Waals surface area contributed by atoms with Crippen LogP contribution in [-0.2, 0) is 0 Å². The fourth-order valence-electron chi connectivity index (χ4n) is 0. The smallest absolute Gasteiger partial charge is 0.147 e. The Morgan fingerprint density at radius 1 is 0.0833 bits per heavy atom. The summed E-state index contributed by atoms with van der Waals surface area (Å²) in [6.45, 7) is 0. The number of rotatable bonds is 0. The Kier molecular flexibility index (Phi) is 4850. The largest absolute Gasteiger partial charge is 0.147 e. The topological polar surface area (TPSA) is 0 Å². The Hall–Kier alpha value is 3.48. The van der Waals surface area contributed by atoms with Crippen molar-refractivity contribution in [2.75, 3.05) is 0 Å². The van der Waals surface area contributed by atoms with Crippen LogP contribution in [0.4, 0.5) is 0 Å². The summed E-state index contributed by atoms with van der Waals surface area (Å²) in [5.74, 6) is 0. The molecule has 0 fully saturated rings. The van der Waals surface area contributed by atoms with Crippen molar-refractivity contribution >= 4 is 149 Å². The zero-order chi connectivity index (χ0) is 0. The van der Waals surface area contributed by atoms with Crippen molar-refractivity contribution in [3.05, 3.63) is 0 Å². The van der Waals surface area contributed by atoms with E-state index in [2.05, 4.69) is 0 Å². The maximum Gasteiger partial charge on any atom is -0.147 e. The minimum absolute atomic E-state index is 0.